The Morgan fingerprint density at radius 2 is 1.87 bits per heavy atom. The molecule has 0 unspecified atom stereocenters. The first kappa shape index (κ1) is 13.9. The summed E-state index contributed by atoms with van der Waals surface area (Å²) >= 11 is 0. The van der Waals surface area contributed by atoms with E-state index in [-0.39, 0.29) is 11.8 Å². The van der Waals surface area contributed by atoms with Crippen molar-refractivity contribution in [3.8, 4) is 0 Å². The van der Waals surface area contributed by atoms with Gasteiger partial charge in [0.25, 0.3) is 0 Å². The highest BCUT2D eigenvalue weighted by Crippen LogP contribution is 2.25. The average Bonchev–Trinajstić information content (AvgIpc) is 3.04. The van der Waals surface area contributed by atoms with E-state index in [0.29, 0.717) is 29.9 Å². The van der Waals surface area contributed by atoms with E-state index in [4.69, 9.17) is 0 Å². The van der Waals surface area contributed by atoms with E-state index in [9.17, 15) is 9.18 Å². The molecule has 0 atom stereocenters. The number of aryl methyl sites for hydroxylation is 1. The minimum absolute atomic E-state index is 0.103. The summed E-state index contributed by atoms with van der Waals surface area (Å²) in [6.45, 7) is 3.12. The minimum Gasteiger partial charge on any atom is -0.312 e. The Hall–Kier alpha value is -2.69. The molecule has 23 heavy (non-hydrogen) atoms. The standard InChI is InChI=1S/C18H16FN3O/c1-2-12-3-5-13(6-4-12)10-21-11-17-20-15-9-14(19)7-8-16(15)22(17)18(21)23/h3-9H,2,10-11H2,1H3. The highest BCUT2D eigenvalue weighted by atomic mass is 19.1. The van der Waals surface area contributed by atoms with Gasteiger partial charge in [-0.3, -0.25) is 0 Å². The van der Waals surface area contributed by atoms with Gasteiger partial charge in [-0.05, 0) is 29.7 Å². The molecule has 1 amide bonds. The first-order chi connectivity index (χ1) is 11.2. The summed E-state index contributed by atoms with van der Waals surface area (Å²) in [5.41, 5.74) is 3.56. The van der Waals surface area contributed by atoms with Crippen LogP contribution >= 0.6 is 0 Å². The van der Waals surface area contributed by atoms with Crippen molar-refractivity contribution in [2.24, 2.45) is 0 Å². The summed E-state index contributed by atoms with van der Waals surface area (Å²) in [4.78, 5) is 18.8. The Kier molecular flexibility index (Phi) is 3.15. The first-order valence-electron chi connectivity index (χ1n) is 7.69. The molecule has 116 valence electrons. The maximum atomic E-state index is 13.3. The topological polar surface area (TPSA) is 38.1 Å². The van der Waals surface area contributed by atoms with Crippen molar-refractivity contribution in [1.82, 2.24) is 14.5 Å². The van der Waals surface area contributed by atoms with Gasteiger partial charge < -0.3 is 4.90 Å². The highest BCUT2D eigenvalue weighted by Gasteiger charge is 2.30. The third-order valence-electron chi connectivity index (χ3n) is 4.28. The van der Waals surface area contributed by atoms with Crippen LogP contribution in [0.2, 0.25) is 0 Å². The summed E-state index contributed by atoms with van der Waals surface area (Å²) < 4.78 is 14.9. The molecule has 0 fully saturated rings. The summed E-state index contributed by atoms with van der Waals surface area (Å²) in [5, 5.41) is 0. The van der Waals surface area contributed by atoms with E-state index in [1.165, 1.54) is 17.7 Å². The van der Waals surface area contributed by atoms with Gasteiger partial charge in [0.1, 0.15) is 11.6 Å². The van der Waals surface area contributed by atoms with Gasteiger partial charge in [0.2, 0.25) is 0 Å². The molecular formula is C18H16FN3O. The second kappa shape index (κ2) is 5.19. The molecule has 5 heteroatoms. The molecule has 1 aliphatic rings. The number of benzene rings is 2. The molecule has 3 aromatic rings. The molecule has 4 nitrogen and oxygen atoms in total. The smallest absolute Gasteiger partial charge is 0.312 e. The number of aromatic nitrogens is 2. The zero-order valence-electron chi connectivity index (χ0n) is 12.8. The molecule has 1 aromatic heterocycles. The van der Waals surface area contributed by atoms with Crippen molar-refractivity contribution in [3.05, 3.63) is 65.2 Å². The second-order valence-electron chi connectivity index (χ2n) is 5.81. The van der Waals surface area contributed by atoms with Crippen molar-refractivity contribution in [3.63, 3.8) is 0 Å². The number of carbonyl (C=O) groups is 1. The molecule has 1 aliphatic heterocycles. The maximum absolute atomic E-state index is 13.3. The number of hydrogen-bond acceptors (Lipinski definition) is 2. The van der Waals surface area contributed by atoms with Crippen LogP contribution in [0.3, 0.4) is 0 Å². The normalized spacial score (nSPS) is 13.8. The van der Waals surface area contributed by atoms with Crippen molar-refractivity contribution in [2.45, 2.75) is 26.4 Å². The lowest BCUT2D eigenvalue weighted by atomic mass is 10.1. The van der Waals surface area contributed by atoms with Crippen LogP contribution in [0.5, 0.6) is 0 Å². The molecule has 0 saturated carbocycles. The Morgan fingerprint density at radius 3 is 2.61 bits per heavy atom. The van der Waals surface area contributed by atoms with Crippen LogP contribution in [-0.2, 0) is 19.5 Å². The van der Waals surface area contributed by atoms with E-state index in [2.05, 4.69) is 36.2 Å². The first-order valence-corrected chi connectivity index (χ1v) is 7.69. The summed E-state index contributed by atoms with van der Waals surface area (Å²) in [6, 6.07) is 12.5. The van der Waals surface area contributed by atoms with Crippen LogP contribution in [0.4, 0.5) is 9.18 Å². The lowest BCUT2D eigenvalue weighted by Gasteiger charge is -2.15. The molecular weight excluding hydrogens is 293 g/mol. The van der Waals surface area contributed by atoms with Crippen LogP contribution in [0.15, 0.2) is 42.5 Å². The molecule has 0 N–H and O–H groups in total. The van der Waals surface area contributed by atoms with Gasteiger partial charge in [-0.1, -0.05) is 31.2 Å². The third-order valence-corrected chi connectivity index (χ3v) is 4.28. The monoisotopic (exact) mass is 309 g/mol. The fourth-order valence-electron chi connectivity index (χ4n) is 3.03. The predicted molar refractivity (Wildman–Crippen MR) is 85.6 cm³/mol. The molecule has 2 aromatic carbocycles. The van der Waals surface area contributed by atoms with Crippen LogP contribution < -0.4 is 0 Å². The molecule has 0 bridgehead atoms. The fourth-order valence-corrected chi connectivity index (χ4v) is 3.03. The van der Waals surface area contributed by atoms with E-state index >= 15 is 0 Å². The van der Waals surface area contributed by atoms with Crippen LogP contribution in [0, 0.1) is 5.82 Å². The van der Waals surface area contributed by atoms with Gasteiger partial charge in [-0.15, -0.1) is 0 Å². The molecule has 4 rings (SSSR count). The Labute approximate surface area is 133 Å². The number of hydrogen-bond donors (Lipinski definition) is 0. The Balaban J connectivity index is 1.61. The van der Waals surface area contributed by atoms with E-state index in [1.54, 1.807) is 15.5 Å². The predicted octanol–water partition coefficient (Wildman–Crippen LogP) is 3.72. The molecule has 0 saturated heterocycles. The van der Waals surface area contributed by atoms with Gasteiger partial charge >= 0.3 is 6.03 Å². The van der Waals surface area contributed by atoms with E-state index in [0.717, 1.165) is 12.0 Å². The van der Waals surface area contributed by atoms with Crippen molar-refractivity contribution in [1.29, 1.82) is 0 Å². The molecule has 0 aliphatic carbocycles. The van der Waals surface area contributed by atoms with E-state index < -0.39 is 0 Å². The SMILES string of the molecule is CCc1ccc(CN2Cc3nc4cc(F)ccc4n3C2=O)cc1. The number of nitrogens with zero attached hydrogens (tertiary/aromatic N) is 3. The van der Waals surface area contributed by atoms with E-state index in [1.807, 2.05) is 0 Å². The van der Waals surface area contributed by atoms with Crippen LogP contribution in [-0.4, -0.2) is 20.5 Å². The summed E-state index contributed by atoms with van der Waals surface area (Å²) in [6.07, 6.45) is 1.00. The van der Waals surface area contributed by atoms with Gasteiger partial charge in [0.05, 0.1) is 17.6 Å². The minimum atomic E-state index is -0.338. The summed E-state index contributed by atoms with van der Waals surface area (Å²) in [7, 11) is 0. The Bertz CT molecular complexity index is 899. The lowest BCUT2D eigenvalue weighted by molar-refractivity contribution is 0.207. The van der Waals surface area contributed by atoms with Gasteiger partial charge in [-0.2, -0.15) is 0 Å². The van der Waals surface area contributed by atoms with Crippen LogP contribution in [0.25, 0.3) is 11.0 Å². The number of halogens is 1. The third kappa shape index (κ3) is 2.29. The number of fused-ring (bicyclic) bond motifs is 3. The van der Waals surface area contributed by atoms with Crippen molar-refractivity contribution in [2.75, 3.05) is 0 Å². The van der Waals surface area contributed by atoms with Gasteiger partial charge in [0.15, 0.2) is 0 Å². The number of rotatable bonds is 3. The second-order valence-corrected chi connectivity index (χ2v) is 5.81. The van der Waals surface area contributed by atoms with Gasteiger partial charge in [-0.25, -0.2) is 18.7 Å². The zero-order chi connectivity index (χ0) is 16.0. The van der Waals surface area contributed by atoms with Gasteiger partial charge in [0, 0.05) is 12.6 Å². The fraction of sp³-hybridized carbons (Fsp3) is 0.222. The Morgan fingerprint density at radius 1 is 1.13 bits per heavy atom. The zero-order valence-corrected chi connectivity index (χ0v) is 12.8. The number of carbonyl (C=O) groups excluding carboxylic acids is 1. The number of amides is 1. The van der Waals surface area contributed by atoms with Crippen molar-refractivity contribution < 1.29 is 9.18 Å². The quantitative estimate of drug-likeness (QED) is 0.739. The largest absolute Gasteiger partial charge is 0.330 e. The molecule has 2 heterocycles. The van der Waals surface area contributed by atoms with Crippen LogP contribution in [0.1, 0.15) is 23.9 Å². The average molecular weight is 309 g/mol. The summed E-state index contributed by atoms with van der Waals surface area (Å²) in [5.74, 6) is 0.329. The molecule has 0 spiro atoms. The van der Waals surface area contributed by atoms with Crippen molar-refractivity contribution >= 4 is 17.1 Å². The number of imidazole rings is 1. The maximum Gasteiger partial charge on any atom is 0.330 e. The lowest BCUT2D eigenvalue weighted by Crippen LogP contribution is -2.25. The molecule has 0 radical (unpaired) electrons. The highest BCUT2D eigenvalue weighted by molar-refractivity contribution is 5.92.